The van der Waals surface area contributed by atoms with E-state index >= 15 is 0 Å². The molecule has 7 heteroatoms. The zero-order valence-corrected chi connectivity index (χ0v) is 17.4. The predicted molar refractivity (Wildman–Crippen MR) is 114 cm³/mol. The first-order valence-corrected chi connectivity index (χ1v) is 10.3. The highest BCUT2D eigenvalue weighted by Crippen LogP contribution is 2.35. The Hall–Kier alpha value is -3.06. The highest BCUT2D eigenvalue weighted by atomic mass is 79.9. The lowest BCUT2D eigenvalue weighted by atomic mass is 9.88. The van der Waals surface area contributed by atoms with E-state index in [0.717, 1.165) is 27.7 Å². The van der Waals surface area contributed by atoms with Crippen LogP contribution in [0.4, 0.5) is 0 Å². The molecular weight excluding hydrogens is 430 g/mol. The van der Waals surface area contributed by atoms with Crippen LogP contribution in [0, 0.1) is 0 Å². The van der Waals surface area contributed by atoms with Crippen LogP contribution in [0.1, 0.15) is 34.6 Å². The second-order valence-electron chi connectivity index (χ2n) is 7.12. The number of hydrogen-bond donors (Lipinski definition) is 0. The topological polar surface area (TPSA) is 63.4 Å². The fourth-order valence-electron chi connectivity index (χ4n) is 4.01. The van der Waals surface area contributed by atoms with Gasteiger partial charge in [-0.2, -0.15) is 5.10 Å². The summed E-state index contributed by atoms with van der Waals surface area (Å²) in [5, 5.41) is 4.43. The summed E-state index contributed by atoms with van der Waals surface area (Å²) in [6.45, 7) is 2.71. The number of amides is 1. The summed E-state index contributed by atoms with van der Waals surface area (Å²) in [6, 6.07) is 13.9. The van der Waals surface area contributed by atoms with Crippen molar-refractivity contribution in [1.82, 2.24) is 24.5 Å². The van der Waals surface area contributed by atoms with E-state index in [1.54, 1.807) is 23.0 Å². The molecule has 4 heterocycles. The van der Waals surface area contributed by atoms with E-state index in [9.17, 15) is 4.79 Å². The molecule has 144 valence electrons. The summed E-state index contributed by atoms with van der Waals surface area (Å²) in [7, 11) is 0. The van der Waals surface area contributed by atoms with Crippen LogP contribution in [0.15, 0.2) is 65.5 Å². The Labute approximate surface area is 176 Å². The van der Waals surface area contributed by atoms with Gasteiger partial charge in [-0.3, -0.25) is 9.78 Å². The number of carbonyl (C=O) groups excluding carboxylic acids is 1. The fourth-order valence-corrected chi connectivity index (χ4v) is 4.31. The van der Waals surface area contributed by atoms with E-state index in [-0.39, 0.29) is 11.9 Å². The summed E-state index contributed by atoms with van der Waals surface area (Å²) in [6.07, 6.45) is 6.10. The maximum absolute atomic E-state index is 13.2. The molecule has 0 fully saturated rings. The van der Waals surface area contributed by atoms with E-state index in [4.69, 9.17) is 0 Å². The molecule has 0 N–H and O–H groups in total. The van der Waals surface area contributed by atoms with E-state index in [0.29, 0.717) is 17.9 Å². The fraction of sp³-hybridized carbons (Fsp3) is 0.182. The van der Waals surface area contributed by atoms with Crippen LogP contribution in [-0.2, 0) is 6.42 Å². The van der Waals surface area contributed by atoms with Crippen LogP contribution >= 0.6 is 15.9 Å². The average molecular weight is 448 g/mol. The summed E-state index contributed by atoms with van der Waals surface area (Å²) < 4.78 is 2.44. The molecule has 0 saturated carbocycles. The van der Waals surface area contributed by atoms with Crippen molar-refractivity contribution < 1.29 is 4.79 Å². The van der Waals surface area contributed by atoms with Gasteiger partial charge in [0, 0.05) is 36.8 Å². The van der Waals surface area contributed by atoms with Crippen molar-refractivity contribution in [3.63, 3.8) is 0 Å². The molecule has 1 aromatic carbocycles. The van der Waals surface area contributed by atoms with E-state index in [1.807, 2.05) is 35.4 Å². The second kappa shape index (κ2) is 7.08. The molecule has 4 aromatic rings. The molecule has 0 saturated heterocycles. The molecule has 1 aliphatic rings. The SMILES string of the molecule is CC1c2cccc(-c3ccccn3)c2CCN1C(=O)c1cc2ncc(Br)cn2n1. The Morgan fingerprint density at radius 3 is 2.90 bits per heavy atom. The average Bonchev–Trinajstić information content (AvgIpc) is 3.17. The van der Waals surface area contributed by atoms with Gasteiger partial charge in [-0.25, -0.2) is 9.50 Å². The molecular formula is C22H18BrN5O. The van der Waals surface area contributed by atoms with E-state index in [1.165, 1.54) is 5.56 Å². The first-order valence-electron chi connectivity index (χ1n) is 9.47. The Balaban J connectivity index is 1.49. The number of pyridine rings is 1. The van der Waals surface area contributed by atoms with Crippen LogP contribution in [0.3, 0.4) is 0 Å². The van der Waals surface area contributed by atoms with Crippen molar-refractivity contribution in [2.24, 2.45) is 0 Å². The van der Waals surface area contributed by atoms with Gasteiger partial charge in [0.2, 0.25) is 0 Å². The minimum atomic E-state index is -0.0759. The van der Waals surface area contributed by atoms with E-state index < -0.39 is 0 Å². The number of rotatable bonds is 2. The summed E-state index contributed by atoms with van der Waals surface area (Å²) >= 11 is 3.39. The van der Waals surface area contributed by atoms with Gasteiger partial charge in [-0.1, -0.05) is 24.3 Å². The Morgan fingerprint density at radius 2 is 2.07 bits per heavy atom. The molecule has 0 radical (unpaired) electrons. The summed E-state index contributed by atoms with van der Waals surface area (Å²) in [4.78, 5) is 23.9. The third-order valence-corrected chi connectivity index (χ3v) is 5.84. The standard InChI is InChI=1S/C22H18BrN5O/c1-14-16-5-4-6-18(19-7-2-3-9-24-19)17(16)8-10-27(14)22(29)20-11-21-25-12-15(23)13-28(21)26-20/h2-7,9,11-14H,8,10H2,1H3. The largest absolute Gasteiger partial charge is 0.330 e. The number of halogens is 1. The quantitative estimate of drug-likeness (QED) is 0.459. The molecule has 1 atom stereocenters. The molecule has 6 nitrogen and oxygen atoms in total. The van der Waals surface area contributed by atoms with Gasteiger partial charge in [0.05, 0.1) is 16.2 Å². The Bertz CT molecular complexity index is 1220. The summed E-state index contributed by atoms with van der Waals surface area (Å²) in [5.74, 6) is -0.0759. The Morgan fingerprint density at radius 1 is 1.17 bits per heavy atom. The van der Waals surface area contributed by atoms with Crippen LogP contribution in [0.5, 0.6) is 0 Å². The van der Waals surface area contributed by atoms with Gasteiger partial charge < -0.3 is 4.90 Å². The van der Waals surface area contributed by atoms with Crippen molar-refractivity contribution in [2.75, 3.05) is 6.54 Å². The number of nitrogens with zero attached hydrogens (tertiary/aromatic N) is 5. The third kappa shape index (κ3) is 3.11. The molecule has 5 rings (SSSR count). The molecule has 0 aliphatic carbocycles. The van der Waals surface area contributed by atoms with Gasteiger partial charge in [-0.15, -0.1) is 0 Å². The maximum Gasteiger partial charge on any atom is 0.274 e. The highest BCUT2D eigenvalue weighted by molar-refractivity contribution is 9.10. The first kappa shape index (κ1) is 18.0. The molecule has 1 amide bonds. The molecule has 0 bridgehead atoms. The van der Waals surface area contributed by atoms with Crippen molar-refractivity contribution >= 4 is 27.5 Å². The molecule has 3 aromatic heterocycles. The normalized spacial score (nSPS) is 16.1. The van der Waals surface area contributed by atoms with Crippen molar-refractivity contribution in [1.29, 1.82) is 0 Å². The number of carbonyl (C=O) groups is 1. The van der Waals surface area contributed by atoms with Crippen LogP contribution < -0.4 is 0 Å². The predicted octanol–water partition coefficient (Wildman–Crippen LogP) is 4.31. The molecule has 29 heavy (non-hydrogen) atoms. The molecule has 1 unspecified atom stereocenters. The minimum Gasteiger partial charge on any atom is -0.330 e. The zero-order valence-electron chi connectivity index (χ0n) is 15.8. The summed E-state index contributed by atoms with van der Waals surface area (Å²) in [5.41, 5.74) is 5.60. The van der Waals surface area contributed by atoms with Crippen molar-refractivity contribution in [3.8, 4) is 11.3 Å². The van der Waals surface area contributed by atoms with Crippen LogP contribution in [0.25, 0.3) is 16.9 Å². The lowest BCUT2D eigenvalue weighted by Crippen LogP contribution is -2.39. The van der Waals surface area contributed by atoms with Gasteiger partial charge >= 0.3 is 0 Å². The molecule has 1 aliphatic heterocycles. The number of hydrogen-bond acceptors (Lipinski definition) is 4. The van der Waals surface area contributed by atoms with Gasteiger partial charge in [0.25, 0.3) is 5.91 Å². The van der Waals surface area contributed by atoms with Crippen LogP contribution in [0.2, 0.25) is 0 Å². The first-order chi connectivity index (χ1) is 14.1. The third-order valence-electron chi connectivity index (χ3n) is 5.44. The number of benzene rings is 1. The second-order valence-corrected chi connectivity index (χ2v) is 8.03. The monoisotopic (exact) mass is 447 g/mol. The maximum atomic E-state index is 13.2. The van der Waals surface area contributed by atoms with Gasteiger partial charge in [0.15, 0.2) is 11.3 Å². The van der Waals surface area contributed by atoms with Gasteiger partial charge in [-0.05, 0) is 52.5 Å². The highest BCUT2D eigenvalue weighted by Gasteiger charge is 2.31. The number of fused-ring (bicyclic) bond motifs is 2. The minimum absolute atomic E-state index is 0.0422. The zero-order chi connectivity index (χ0) is 20.0. The Kier molecular flexibility index (Phi) is 4.39. The smallest absolute Gasteiger partial charge is 0.274 e. The molecule has 0 spiro atoms. The number of aromatic nitrogens is 4. The lowest BCUT2D eigenvalue weighted by Gasteiger charge is -2.35. The van der Waals surface area contributed by atoms with Crippen molar-refractivity contribution in [2.45, 2.75) is 19.4 Å². The van der Waals surface area contributed by atoms with E-state index in [2.05, 4.69) is 50.1 Å². The van der Waals surface area contributed by atoms with Gasteiger partial charge in [0.1, 0.15) is 0 Å². The van der Waals surface area contributed by atoms with Crippen LogP contribution in [-0.4, -0.2) is 36.9 Å². The van der Waals surface area contributed by atoms with Crippen molar-refractivity contribution in [3.05, 3.63) is 82.3 Å². The lowest BCUT2D eigenvalue weighted by molar-refractivity contribution is 0.0671.